The van der Waals surface area contributed by atoms with Gasteiger partial charge in [-0.25, -0.2) is 13.1 Å². The first-order valence-electron chi connectivity index (χ1n) is 6.76. The van der Waals surface area contributed by atoms with Gasteiger partial charge in [-0.05, 0) is 60.1 Å². The van der Waals surface area contributed by atoms with Gasteiger partial charge in [-0.15, -0.1) is 0 Å². The minimum Gasteiger partial charge on any atom is -0.399 e. The fourth-order valence-corrected chi connectivity index (χ4v) is 4.34. The summed E-state index contributed by atoms with van der Waals surface area (Å²) in [6.07, 6.45) is 3.68. The largest absolute Gasteiger partial charge is 0.399 e. The zero-order valence-corrected chi connectivity index (χ0v) is 13.7. The van der Waals surface area contributed by atoms with E-state index in [4.69, 9.17) is 5.73 Å². The maximum atomic E-state index is 12.2. The van der Waals surface area contributed by atoms with Gasteiger partial charge < -0.3 is 10.6 Å². The molecule has 1 heterocycles. The maximum Gasteiger partial charge on any atom is 0.241 e. The standard InChI is InChI=1S/C13H20BrN3O2S/c14-12-5-4-11(15)10-13(12)20(18,19)16-6-9-17-7-2-1-3-8-17/h4-5,10,16H,1-3,6-9,15H2. The molecule has 0 atom stereocenters. The number of nitrogen functional groups attached to an aromatic ring is 1. The molecule has 1 aliphatic rings. The van der Waals surface area contributed by atoms with Crippen molar-refractivity contribution < 1.29 is 8.42 Å². The van der Waals surface area contributed by atoms with Crippen molar-refractivity contribution in [2.45, 2.75) is 24.2 Å². The number of nitrogens with zero attached hydrogens (tertiary/aromatic N) is 1. The first-order valence-corrected chi connectivity index (χ1v) is 9.04. The van der Waals surface area contributed by atoms with Gasteiger partial charge in [-0.1, -0.05) is 6.42 Å². The summed E-state index contributed by atoms with van der Waals surface area (Å²) < 4.78 is 27.6. The van der Waals surface area contributed by atoms with Crippen LogP contribution in [0.25, 0.3) is 0 Å². The highest BCUT2D eigenvalue weighted by Gasteiger charge is 2.18. The number of nitrogens with one attached hydrogen (secondary N) is 1. The number of sulfonamides is 1. The van der Waals surface area contributed by atoms with Gasteiger partial charge in [0.15, 0.2) is 0 Å². The second kappa shape index (κ2) is 6.89. The molecule has 0 spiro atoms. The molecular weight excluding hydrogens is 342 g/mol. The van der Waals surface area contributed by atoms with Gasteiger partial charge in [0.1, 0.15) is 0 Å². The molecule has 1 aromatic carbocycles. The molecule has 112 valence electrons. The monoisotopic (exact) mass is 361 g/mol. The Kier molecular flexibility index (Phi) is 5.42. The van der Waals surface area contributed by atoms with Crippen molar-refractivity contribution >= 4 is 31.6 Å². The number of hydrogen-bond acceptors (Lipinski definition) is 4. The van der Waals surface area contributed by atoms with Crippen LogP contribution in [0.4, 0.5) is 5.69 Å². The Labute approximate surface area is 128 Å². The normalized spacial score (nSPS) is 17.2. The smallest absolute Gasteiger partial charge is 0.241 e. The molecule has 0 bridgehead atoms. The average Bonchev–Trinajstić information content (AvgIpc) is 2.42. The van der Waals surface area contributed by atoms with Gasteiger partial charge in [-0.2, -0.15) is 0 Å². The van der Waals surface area contributed by atoms with Crippen LogP contribution in [0, 0.1) is 0 Å². The summed E-state index contributed by atoms with van der Waals surface area (Å²) in [5, 5.41) is 0. The fourth-order valence-electron chi connectivity index (χ4n) is 2.32. The Bertz CT molecular complexity index is 557. The van der Waals surface area contributed by atoms with Crippen LogP contribution in [-0.2, 0) is 10.0 Å². The Morgan fingerprint density at radius 1 is 1.25 bits per heavy atom. The van der Waals surface area contributed by atoms with Gasteiger partial charge in [0, 0.05) is 23.2 Å². The molecule has 0 aromatic heterocycles. The van der Waals surface area contributed by atoms with Crippen LogP contribution >= 0.6 is 15.9 Å². The summed E-state index contributed by atoms with van der Waals surface area (Å²) >= 11 is 3.25. The number of piperidine rings is 1. The van der Waals surface area contributed by atoms with Crippen molar-refractivity contribution in [2.24, 2.45) is 0 Å². The second-order valence-electron chi connectivity index (χ2n) is 4.99. The third-order valence-electron chi connectivity index (χ3n) is 3.41. The molecule has 0 amide bonds. The molecule has 20 heavy (non-hydrogen) atoms. The SMILES string of the molecule is Nc1ccc(Br)c(S(=O)(=O)NCCN2CCCCC2)c1. The fraction of sp³-hybridized carbons (Fsp3) is 0.538. The van der Waals surface area contributed by atoms with E-state index in [9.17, 15) is 8.42 Å². The van der Waals surface area contributed by atoms with Gasteiger partial charge >= 0.3 is 0 Å². The quantitative estimate of drug-likeness (QED) is 0.784. The number of likely N-dealkylation sites (tertiary alicyclic amines) is 1. The highest BCUT2D eigenvalue weighted by molar-refractivity contribution is 9.10. The molecular formula is C13H20BrN3O2S. The zero-order valence-electron chi connectivity index (χ0n) is 11.3. The number of halogens is 1. The van der Waals surface area contributed by atoms with Crippen molar-refractivity contribution in [1.82, 2.24) is 9.62 Å². The highest BCUT2D eigenvalue weighted by Crippen LogP contribution is 2.23. The van der Waals surface area contributed by atoms with Crippen molar-refractivity contribution in [2.75, 3.05) is 31.9 Å². The topological polar surface area (TPSA) is 75.4 Å². The number of rotatable bonds is 5. The average molecular weight is 362 g/mol. The summed E-state index contributed by atoms with van der Waals surface area (Å²) in [6, 6.07) is 4.78. The third-order valence-corrected chi connectivity index (χ3v) is 5.87. The molecule has 1 saturated heterocycles. The Hall–Kier alpha value is -0.630. The lowest BCUT2D eigenvalue weighted by Crippen LogP contribution is -2.37. The van der Waals surface area contributed by atoms with Crippen LogP contribution in [-0.4, -0.2) is 39.5 Å². The molecule has 0 aliphatic carbocycles. The van der Waals surface area contributed by atoms with Gasteiger partial charge in [0.05, 0.1) is 4.90 Å². The predicted molar refractivity (Wildman–Crippen MR) is 84.0 cm³/mol. The van der Waals surface area contributed by atoms with E-state index in [0.29, 0.717) is 16.7 Å². The molecule has 1 aromatic rings. The molecule has 1 fully saturated rings. The molecule has 2 rings (SSSR count). The van der Waals surface area contributed by atoms with Crippen molar-refractivity contribution in [3.8, 4) is 0 Å². The van der Waals surface area contributed by atoms with Crippen LogP contribution < -0.4 is 10.5 Å². The number of hydrogen-bond donors (Lipinski definition) is 2. The van der Waals surface area contributed by atoms with E-state index in [1.54, 1.807) is 12.1 Å². The maximum absolute atomic E-state index is 12.2. The zero-order chi connectivity index (χ0) is 14.6. The van der Waals surface area contributed by atoms with Crippen molar-refractivity contribution in [3.63, 3.8) is 0 Å². The van der Waals surface area contributed by atoms with Crippen LogP contribution in [0.15, 0.2) is 27.6 Å². The third kappa shape index (κ3) is 4.18. The molecule has 0 radical (unpaired) electrons. The van der Waals surface area contributed by atoms with E-state index in [-0.39, 0.29) is 4.90 Å². The van der Waals surface area contributed by atoms with Gasteiger partial charge in [0.25, 0.3) is 0 Å². The summed E-state index contributed by atoms with van der Waals surface area (Å²) in [5.74, 6) is 0. The van der Waals surface area contributed by atoms with E-state index in [1.807, 2.05) is 0 Å². The molecule has 0 saturated carbocycles. The Balaban J connectivity index is 1.95. The van der Waals surface area contributed by atoms with Gasteiger partial charge in [0.2, 0.25) is 10.0 Å². The van der Waals surface area contributed by atoms with Crippen molar-refractivity contribution in [1.29, 1.82) is 0 Å². The minimum atomic E-state index is -3.52. The van der Waals surface area contributed by atoms with Crippen LogP contribution in [0.2, 0.25) is 0 Å². The van der Waals surface area contributed by atoms with E-state index < -0.39 is 10.0 Å². The van der Waals surface area contributed by atoms with Gasteiger partial charge in [-0.3, -0.25) is 0 Å². The lowest BCUT2D eigenvalue weighted by Gasteiger charge is -2.26. The van der Waals surface area contributed by atoms with E-state index in [0.717, 1.165) is 19.6 Å². The van der Waals surface area contributed by atoms with E-state index in [2.05, 4.69) is 25.6 Å². The molecule has 7 heteroatoms. The first kappa shape index (κ1) is 15.8. The summed E-state index contributed by atoms with van der Waals surface area (Å²) in [5.41, 5.74) is 6.08. The summed E-state index contributed by atoms with van der Waals surface area (Å²) in [7, 11) is -3.52. The van der Waals surface area contributed by atoms with E-state index in [1.165, 1.54) is 25.3 Å². The Morgan fingerprint density at radius 2 is 1.95 bits per heavy atom. The van der Waals surface area contributed by atoms with Crippen LogP contribution in [0.5, 0.6) is 0 Å². The second-order valence-corrected chi connectivity index (χ2v) is 7.58. The number of benzene rings is 1. The van der Waals surface area contributed by atoms with Crippen LogP contribution in [0.1, 0.15) is 19.3 Å². The van der Waals surface area contributed by atoms with Crippen LogP contribution in [0.3, 0.4) is 0 Å². The van der Waals surface area contributed by atoms with E-state index >= 15 is 0 Å². The molecule has 0 unspecified atom stereocenters. The molecule has 5 nitrogen and oxygen atoms in total. The number of nitrogens with two attached hydrogens (primary N) is 1. The number of anilines is 1. The lowest BCUT2D eigenvalue weighted by atomic mass is 10.1. The molecule has 3 N–H and O–H groups in total. The first-order chi connectivity index (χ1) is 9.49. The highest BCUT2D eigenvalue weighted by atomic mass is 79.9. The lowest BCUT2D eigenvalue weighted by molar-refractivity contribution is 0.233. The minimum absolute atomic E-state index is 0.191. The predicted octanol–water partition coefficient (Wildman–Crippen LogP) is 1.80. The Morgan fingerprint density at radius 3 is 2.65 bits per heavy atom. The van der Waals surface area contributed by atoms with Crippen molar-refractivity contribution in [3.05, 3.63) is 22.7 Å². The summed E-state index contributed by atoms with van der Waals surface area (Å²) in [4.78, 5) is 2.48. The summed E-state index contributed by atoms with van der Waals surface area (Å²) in [6.45, 7) is 3.29. The molecule has 1 aliphatic heterocycles.